The van der Waals surface area contributed by atoms with Crippen LogP contribution in [0.1, 0.15) is 28.4 Å². The number of anilines is 1. The highest BCUT2D eigenvalue weighted by molar-refractivity contribution is 7.89. The number of esters is 1. The molecule has 0 aliphatic rings. The molecule has 3 aromatic carbocycles. The number of nitrogens with two attached hydrogens (primary N) is 3. The standard InChI is InChI=1S/C23H21N3O5S/c1-14(27)31-18-4-2-3-15(11-18)5-6-16-12-20(22(24)21(13-16)23(25)28)17-7-9-19(10-8-17)32(26,29)30/h2-13H,24H2,1H3,(H2,25,28)(H2,26,29,30)/b6-5+. The van der Waals surface area contributed by atoms with Crippen LogP contribution in [-0.4, -0.2) is 20.3 Å². The number of ether oxygens (including phenoxy) is 1. The van der Waals surface area contributed by atoms with Crippen LogP contribution in [0.25, 0.3) is 23.3 Å². The van der Waals surface area contributed by atoms with Gasteiger partial charge in [-0.25, -0.2) is 13.6 Å². The van der Waals surface area contributed by atoms with Gasteiger partial charge in [0, 0.05) is 12.5 Å². The van der Waals surface area contributed by atoms with Gasteiger partial charge < -0.3 is 16.2 Å². The minimum absolute atomic E-state index is 0.0429. The second-order valence-electron chi connectivity index (χ2n) is 6.96. The van der Waals surface area contributed by atoms with Gasteiger partial charge in [-0.05, 0) is 53.1 Å². The van der Waals surface area contributed by atoms with E-state index in [4.69, 9.17) is 21.3 Å². The lowest BCUT2D eigenvalue weighted by molar-refractivity contribution is -0.131. The number of hydrogen-bond acceptors (Lipinski definition) is 6. The number of benzene rings is 3. The minimum Gasteiger partial charge on any atom is -0.427 e. The molecule has 9 heteroatoms. The lowest BCUT2D eigenvalue weighted by atomic mass is 9.96. The molecule has 0 unspecified atom stereocenters. The normalized spacial score (nSPS) is 11.4. The molecular formula is C23H21N3O5S. The zero-order valence-electron chi connectivity index (χ0n) is 17.1. The number of carbonyl (C=O) groups excluding carboxylic acids is 2. The summed E-state index contributed by atoms with van der Waals surface area (Å²) in [5, 5.41) is 5.14. The van der Waals surface area contributed by atoms with Crippen molar-refractivity contribution >= 4 is 39.7 Å². The van der Waals surface area contributed by atoms with E-state index < -0.39 is 21.9 Å². The van der Waals surface area contributed by atoms with E-state index in [9.17, 15) is 18.0 Å². The highest BCUT2D eigenvalue weighted by Gasteiger charge is 2.14. The van der Waals surface area contributed by atoms with Crippen LogP contribution in [0, 0.1) is 0 Å². The van der Waals surface area contributed by atoms with Crippen LogP contribution in [0.15, 0.2) is 65.6 Å². The minimum atomic E-state index is -3.84. The van der Waals surface area contributed by atoms with E-state index in [1.165, 1.54) is 19.1 Å². The van der Waals surface area contributed by atoms with E-state index in [1.54, 1.807) is 54.6 Å². The van der Waals surface area contributed by atoms with Crippen molar-refractivity contribution in [3.05, 3.63) is 77.4 Å². The molecule has 0 bridgehead atoms. The molecule has 0 aromatic heterocycles. The van der Waals surface area contributed by atoms with Gasteiger partial charge in [-0.1, -0.05) is 36.4 Å². The molecule has 0 saturated heterocycles. The predicted molar refractivity (Wildman–Crippen MR) is 123 cm³/mol. The van der Waals surface area contributed by atoms with Gasteiger partial charge in [0.25, 0.3) is 5.91 Å². The molecule has 0 atom stereocenters. The van der Waals surface area contributed by atoms with Gasteiger partial charge in [0.1, 0.15) is 5.75 Å². The van der Waals surface area contributed by atoms with Crippen molar-refractivity contribution in [2.75, 3.05) is 5.73 Å². The van der Waals surface area contributed by atoms with Crippen molar-refractivity contribution in [3.63, 3.8) is 0 Å². The lowest BCUT2D eigenvalue weighted by Gasteiger charge is -2.12. The van der Waals surface area contributed by atoms with Gasteiger partial charge in [-0.2, -0.15) is 0 Å². The summed E-state index contributed by atoms with van der Waals surface area (Å²) in [6.07, 6.45) is 3.53. The molecule has 0 aliphatic heterocycles. The quantitative estimate of drug-likeness (QED) is 0.226. The Labute approximate surface area is 185 Å². The third-order valence-electron chi connectivity index (χ3n) is 4.55. The number of amides is 1. The SMILES string of the molecule is CC(=O)Oc1cccc(/C=C/c2cc(C(N)=O)c(N)c(-c3ccc(S(N)(=O)=O)cc3)c2)c1. The third-order valence-corrected chi connectivity index (χ3v) is 5.48. The number of hydrogen-bond donors (Lipinski definition) is 3. The lowest BCUT2D eigenvalue weighted by Crippen LogP contribution is -2.14. The number of rotatable bonds is 6. The average Bonchev–Trinajstić information content (AvgIpc) is 2.72. The second kappa shape index (κ2) is 9.04. The number of primary sulfonamides is 1. The van der Waals surface area contributed by atoms with Crippen molar-refractivity contribution in [1.82, 2.24) is 0 Å². The summed E-state index contributed by atoms with van der Waals surface area (Å²) >= 11 is 0. The Morgan fingerprint density at radius 3 is 2.19 bits per heavy atom. The summed E-state index contributed by atoms with van der Waals surface area (Å²) in [4.78, 5) is 23.0. The molecule has 8 nitrogen and oxygen atoms in total. The fourth-order valence-corrected chi connectivity index (χ4v) is 3.59. The first-order valence-corrected chi connectivity index (χ1v) is 10.9. The molecule has 1 amide bonds. The van der Waals surface area contributed by atoms with Crippen LogP contribution in [0.3, 0.4) is 0 Å². The average molecular weight is 452 g/mol. The van der Waals surface area contributed by atoms with Crippen LogP contribution in [0.5, 0.6) is 5.75 Å². The summed E-state index contributed by atoms with van der Waals surface area (Å²) in [6, 6.07) is 16.0. The molecule has 164 valence electrons. The van der Waals surface area contributed by atoms with E-state index in [0.717, 1.165) is 5.56 Å². The second-order valence-corrected chi connectivity index (χ2v) is 8.52. The number of primary amides is 1. The van der Waals surface area contributed by atoms with Crippen LogP contribution in [0.4, 0.5) is 5.69 Å². The number of sulfonamides is 1. The zero-order valence-corrected chi connectivity index (χ0v) is 17.9. The van der Waals surface area contributed by atoms with E-state index in [2.05, 4.69) is 0 Å². The van der Waals surface area contributed by atoms with Crippen molar-refractivity contribution in [2.45, 2.75) is 11.8 Å². The maximum Gasteiger partial charge on any atom is 0.308 e. The topological polar surface area (TPSA) is 156 Å². The van der Waals surface area contributed by atoms with E-state index in [0.29, 0.717) is 22.4 Å². The van der Waals surface area contributed by atoms with Gasteiger partial charge in [0.15, 0.2) is 0 Å². The molecule has 6 N–H and O–H groups in total. The molecule has 0 aliphatic carbocycles. The molecule has 0 fully saturated rings. The first-order valence-electron chi connectivity index (χ1n) is 9.38. The van der Waals surface area contributed by atoms with Crippen molar-refractivity contribution in [3.8, 4) is 16.9 Å². The molecular weight excluding hydrogens is 430 g/mol. The van der Waals surface area contributed by atoms with E-state index in [-0.39, 0.29) is 16.1 Å². The van der Waals surface area contributed by atoms with E-state index in [1.807, 2.05) is 6.07 Å². The van der Waals surface area contributed by atoms with Gasteiger partial charge in [0.2, 0.25) is 10.0 Å². The van der Waals surface area contributed by atoms with Crippen molar-refractivity contribution in [2.24, 2.45) is 10.9 Å². The summed E-state index contributed by atoms with van der Waals surface area (Å²) in [7, 11) is -3.84. The molecule has 3 rings (SSSR count). The van der Waals surface area contributed by atoms with Gasteiger partial charge in [-0.15, -0.1) is 0 Å². The molecule has 0 heterocycles. The highest BCUT2D eigenvalue weighted by Crippen LogP contribution is 2.31. The zero-order chi connectivity index (χ0) is 23.5. The predicted octanol–water partition coefficient (Wildman–Crippen LogP) is 2.78. The van der Waals surface area contributed by atoms with Crippen molar-refractivity contribution < 1.29 is 22.7 Å². The third kappa shape index (κ3) is 5.39. The van der Waals surface area contributed by atoms with Gasteiger partial charge in [0.05, 0.1) is 16.1 Å². The summed E-state index contributed by atoms with van der Waals surface area (Å²) in [6.45, 7) is 1.32. The summed E-state index contributed by atoms with van der Waals surface area (Å²) in [5.41, 5.74) is 14.5. The number of carbonyl (C=O) groups is 2. The summed E-state index contributed by atoms with van der Waals surface area (Å²) in [5.74, 6) is -0.712. The smallest absolute Gasteiger partial charge is 0.308 e. The highest BCUT2D eigenvalue weighted by atomic mass is 32.2. The Morgan fingerprint density at radius 2 is 1.59 bits per heavy atom. The van der Waals surface area contributed by atoms with E-state index >= 15 is 0 Å². The first kappa shape index (κ1) is 22.7. The molecule has 32 heavy (non-hydrogen) atoms. The van der Waals surface area contributed by atoms with Crippen LogP contribution in [0.2, 0.25) is 0 Å². The Bertz CT molecular complexity index is 1330. The molecule has 0 saturated carbocycles. The van der Waals surface area contributed by atoms with Gasteiger partial charge in [-0.3, -0.25) is 9.59 Å². The summed E-state index contributed by atoms with van der Waals surface area (Å²) < 4.78 is 28.1. The largest absolute Gasteiger partial charge is 0.427 e. The maximum absolute atomic E-state index is 11.9. The Hall–Kier alpha value is -3.95. The van der Waals surface area contributed by atoms with Gasteiger partial charge >= 0.3 is 5.97 Å². The van der Waals surface area contributed by atoms with Crippen LogP contribution in [-0.2, 0) is 14.8 Å². The fourth-order valence-electron chi connectivity index (χ4n) is 3.08. The Kier molecular flexibility index (Phi) is 6.42. The first-order chi connectivity index (χ1) is 15.0. The maximum atomic E-state index is 11.9. The molecule has 0 spiro atoms. The number of nitrogen functional groups attached to an aromatic ring is 1. The molecule has 3 aromatic rings. The Morgan fingerprint density at radius 1 is 0.938 bits per heavy atom. The molecule has 0 radical (unpaired) electrons. The van der Waals surface area contributed by atoms with Crippen molar-refractivity contribution in [1.29, 1.82) is 0 Å². The monoisotopic (exact) mass is 451 g/mol. The van der Waals surface area contributed by atoms with Crippen LogP contribution < -0.4 is 21.3 Å². The fraction of sp³-hybridized carbons (Fsp3) is 0.0435. The van der Waals surface area contributed by atoms with Crippen LogP contribution >= 0.6 is 0 Å². The Balaban J connectivity index is 2.03.